The summed E-state index contributed by atoms with van der Waals surface area (Å²) in [5.41, 5.74) is 6.41. The quantitative estimate of drug-likeness (QED) is 0.923. The predicted octanol–water partition coefficient (Wildman–Crippen LogP) is 2.54. The van der Waals surface area contributed by atoms with Crippen LogP contribution < -0.4 is 15.4 Å². The highest BCUT2D eigenvalue weighted by Gasteiger charge is 2.26. The van der Waals surface area contributed by atoms with Crippen LogP contribution in [0.1, 0.15) is 18.2 Å². The summed E-state index contributed by atoms with van der Waals surface area (Å²) in [6.07, 6.45) is 1.16. The van der Waals surface area contributed by atoms with E-state index in [0.29, 0.717) is 21.6 Å². The van der Waals surface area contributed by atoms with Crippen LogP contribution in [0.25, 0.3) is 0 Å². The lowest BCUT2D eigenvalue weighted by atomic mass is 10.3. The molecule has 1 aromatic rings. The lowest BCUT2D eigenvalue weighted by molar-refractivity contribution is 0.418. The van der Waals surface area contributed by atoms with Crippen LogP contribution in [0.4, 0.5) is 10.7 Å². The molecule has 1 unspecified atom stereocenters. The highest BCUT2D eigenvalue weighted by molar-refractivity contribution is 8.00. The third kappa shape index (κ3) is 2.38. The topological polar surface area (TPSA) is 62.3 Å². The third-order valence-electron chi connectivity index (χ3n) is 3.07. The molecule has 2 N–H and O–H groups in total. The minimum atomic E-state index is 0.478. The van der Waals surface area contributed by atoms with E-state index >= 15 is 0 Å². The van der Waals surface area contributed by atoms with Crippen LogP contribution in [0, 0.1) is 11.3 Å². The lowest BCUT2D eigenvalue weighted by Crippen LogP contribution is -2.37. The molecule has 6 heteroatoms. The van der Waals surface area contributed by atoms with Gasteiger partial charge in [-0.2, -0.15) is 17.0 Å². The Morgan fingerprint density at radius 3 is 3.00 bits per heavy atom. The number of thiophene rings is 1. The van der Waals surface area contributed by atoms with Crippen LogP contribution in [0.5, 0.6) is 5.75 Å². The van der Waals surface area contributed by atoms with Crippen LogP contribution in [0.3, 0.4) is 0 Å². The molecule has 18 heavy (non-hydrogen) atoms. The molecule has 4 nitrogen and oxygen atoms in total. The maximum atomic E-state index is 9.05. The van der Waals surface area contributed by atoms with Crippen molar-refractivity contribution in [3.8, 4) is 11.8 Å². The van der Waals surface area contributed by atoms with Gasteiger partial charge in [-0.25, -0.2) is 0 Å². The van der Waals surface area contributed by atoms with Crippen molar-refractivity contribution in [3.63, 3.8) is 0 Å². The number of nitrogens with two attached hydrogens (primary N) is 1. The molecule has 1 saturated heterocycles. The van der Waals surface area contributed by atoms with Crippen LogP contribution in [0.2, 0.25) is 0 Å². The Bertz CT molecular complexity index is 467. The standard InChI is InChI=1S/C12H17N3OS2/c1-3-8-7-15(4-5-17-8)12-11(16-2)10(14)9(6-13)18-12/h8H,3-5,7,14H2,1-2H3. The number of rotatable bonds is 3. The number of anilines is 2. The first-order valence-corrected chi connectivity index (χ1v) is 7.80. The van der Waals surface area contributed by atoms with Gasteiger partial charge in [-0.3, -0.25) is 0 Å². The highest BCUT2D eigenvalue weighted by atomic mass is 32.2. The summed E-state index contributed by atoms with van der Waals surface area (Å²) < 4.78 is 5.37. The summed E-state index contributed by atoms with van der Waals surface area (Å²) >= 11 is 3.45. The fourth-order valence-electron chi connectivity index (χ4n) is 2.06. The summed E-state index contributed by atoms with van der Waals surface area (Å²) in [5, 5.41) is 10.7. The predicted molar refractivity (Wildman–Crippen MR) is 78.7 cm³/mol. The zero-order chi connectivity index (χ0) is 13.1. The van der Waals surface area contributed by atoms with Crippen LogP contribution in [-0.2, 0) is 0 Å². The lowest BCUT2D eigenvalue weighted by Gasteiger charge is -2.32. The summed E-state index contributed by atoms with van der Waals surface area (Å²) in [7, 11) is 1.61. The van der Waals surface area contributed by atoms with Crippen molar-refractivity contribution < 1.29 is 4.74 Å². The first-order chi connectivity index (χ1) is 8.71. The minimum absolute atomic E-state index is 0.478. The van der Waals surface area contributed by atoms with E-state index in [1.807, 2.05) is 11.8 Å². The van der Waals surface area contributed by atoms with Gasteiger partial charge >= 0.3 is 0 Å². The average Bonchev–Trinajstić information content (AvgIpc) is 2.75. The minimum Gasteiger partial charge on any atom is -0.492 e. The Balaban J connectivity index is 2.30. The molecule has 0 aliphatic carbocycles. The van der Waals surface area contributed by atoms with Gasteiger partial charge in [0.25, 0.3) is 0 Å². The Hall–Kier alpha value is -1.06. The van der Waals surface area contributed by atoms with Crippen LogP contribution >= 0.6 is 23.1 Å². The van der Waals surface area contributed by atoms with E-state index in [-0.39, 0.29) is 0 Å². The largest absolute Gasteiger partial charge is 0.492 e. The fraction of sp³-hybridized carbons (Fsp3) is 0.583. The van der Waals surface area contributed by atoms with Gasteiger partial charge in [0, 0.05) is 24.1 Å². The SMILES string of the molecule is CCC1CN(c2sc(C#N)c(N)c2OC)CCS1. The molecule has 0 radical (unpaired) electrons. The molecule has 0 aromatic carbocycles. The summed E-state index contributed by atoms with van der Waals surface area (Å²) in [6.45, 7) is 4.20. The smallest absolute Gasteiger partial charge is 0.177 e. The first-order valence-electron chi connectivity index (χ1n) is 5.94. The maximum Gasteiger partial charge on any atom is 0.177 e. The molecule has 1 atom stereocenters. The number of nitrogen functional groups attached to an aromatic ring is 1. The molecule has 2 rings (SSSR count). The molecule has 1 fully saturated rings. The number of methoxy groups -OCH3 is 1. The number of nitriles is 1. The van der Waals surface area contributed by atoms with Crippen molar-refractivity contribution in [2.45, 2.75) is 18.6 Å². The van der Waals surface area contributed by atoms with E-state index in [4.69, 9.17) is 15.7 Å². The normalized spacial score (nSPS) is 19.6. The Kier molecular flexibility index (Phi) is 4.25. The van der Waals surface area contributed by atoms with Gasteiger partial charge in [-0.15, -0.1) is 11.3 Å². The number of nitrogens with zero attached hydrogens (tertiary/aromatic N) is 2. The van der Waals surface area contributed by atoms with Gasteiger partial charge < -0.3 is 15.4 Å². The molecule has 1 aliphatic heterocycles. The zero-order valence-electron chi connectivity index (χ0n) is 10.6. The first kappa shape index (κ1) is 13.4. The second kappa shape index (κ2) is 5.72. The summed E-state index contributed by atoms with van der Waals surface area (Å²) in [6, 6.07) is 2.14. The van der Waals surface area contributed by atoms with Crippen LogP contribution in [-0.4, -0.2) is 31.2 Å². The summed E-state index contributed by atoms with van der Waals surface area (Å²) in [5.74, 6) is 1.78. The second-order valence-electron chi connectivity index (χ2n) is 4.14. The molecule has 0 saturated carbocycles. The van der Waals surface area contributed by atoms with E-state index in [2.05, 4.69) is 17.9 Å². The van der Waals surface area contributed by atoms with Gasteiger partial charge in [0.15, 0.2) is 5.75 Å². The van der Waals surface area contributed by atoms with E-state index in [9.17, 15) is 0 Å². The van der Waals surface area contributed by atoms with E-state index in [1.165, 1.54) is 11.3 Å². The number of hydrogen-bond donors (Lipinski definition) is 1. The monoisotopic (exact) mass is 283 g/mol. The van der Waals surface area contributed by atoms with Crippen molar-refractivity contribution >= 4 is 33.8 Å². The third-order valence-corrected chi connectivity index (χ3v) is 5.59. The number of ether oxygens (including phenoxy) is 1. The molecule has 0 spiro atoms. The average molecular weight is 283 g/mol. The van der Waals surface area contributed by atoms with E-state index in [0.717, 1.165) is 30.3 Å². The fourth-order valence-corrected chi connectivity index (χ4v) is 4.26. The molecule has 98 valence electrons. The molecule has 1 aromatic heterocycles. The Morgan fingerprint density at radius 2 is 2.39 bits per heavy atom. The van der Waals surface area contributed by atoms with Gasteiger partial charge in [-0.05, 0) is 6.42 Å². The Morgan fingerprint density at radius 1 is 1.61 bits per heavy atom. The molecule has 0 bridgehead atoms. The van der Waals surface area contributed by atoms with Crippen molar-refractivity contribution in [1.82, 2.24) is 0 Å². The molecular weight excluding hydrogens is 266 g/mol. The number of thioether (sulfide) groups is 1. The maximum absolute atomic E-state index is 9.05. The van der Waals surface area contributed by atoms with Gasteiger partial charge in [0.05, 0.1) is 7.11 Å². The zero-order valence-corrected chi connectivity index (χ0v) is 12.2. The number of hydrogen-bond acceptors (Lipinski definition) is 6. The van der Waals surface area contributed by atoms with Gasteiger partial charge in [0.1, 0.15) is 21.6 Å². The molecule has 0 amide bonds. The van der Waals surface area contributed by atoms with Crippen LogP contribution in [0.15, 0.2) is 0 Å². The molecular formula is C12H17N3OS2. The van der Waals surface area contributed by atoms with Gasteiger partial charge in [0.2, 0.25) is 0 Å². The van der Waals surface area contributed by atoms with E-state index < -0.39 is 0 Å². The second-order valence-corrected chi connectivity index (χ2v) is 6.55. The van der Waals surface area contributed by atoms with Crippen molar-refractivity contribution in [2.75, 3.05) is 36.6 Å². The van der Waals surface area contributed by atoms with Crippen molar-refractivity contribution in [1.29, 1.82) is 5.26 Å². The van der Waals surface area contributed by atoms with Crippen molar-refractivity contribution in [3.05, 3.63) is 4.88 Å². The summed E-state index contributed by atoms with van der Waals surface area (Å²) in [4.78, 5) is 2.85. The Labute approximate surface area is 116 Å². The molecule has 1 aliphatic rings. The molecule has 2 heterocycles. The highest BCUT2D eigenvalue weighted by Crippen LogP contribution is 2.45. The van der Waals surface area contributed by atoms with Crippen molar-refractivity contribution in [2.24, 2.45) is 0 Å². The van der Waals surface area contributed by atoms with E-state index in [1.54, 1.807) is 7.11 Å². The van der Waals surface area contributed by atoms with Gasteiger partial charge in [-0.1, -0.05) is 6.92 Å².